The lowest BCUT2D eigenvalue weighted by Crippen LogP contribution is -2.63. The number of alkyl halides is 3. The van der Waals surface area contributed by atoms with Crippen LogP contribution < -0.4 is 10.6 Å². The average Bonchev–Trinajstić information content (AvgIpc) is 2.22. The van der Waals surface area contributed by atoms with E-state index < -0.39 is 41.5 Å². The van der Waals surface area contributed by atoms with Crippen molar-refractivity contribution in [1.29, 1.82) is 0 Å². The molecule has 20 heavy (non-hydrogen) atoms. The Morgan fingerprint density at radius 1 is 1.05 bits per heavy atom. The largest absolute Gasteiger partial charge is 0.479 e. The highest BCUT2D eigenvalue weighted by atomic mass is 19.4. The summed E-state index contributed by atoms with van der Waals surface area (Å²) >= 11 is 0. The third-order valence-corrected chi connectivity index (χ3v) is 2.47. The molecule has 0 aliphatic rings. The molecule has 0 saturated carbocycles. The molecular formula is C11H17F3N2O4. The molecule has 0 aromatic heterocycles. The van der Waals surface area contributed by atoms with Crippen LogP contribution in [0.15, 0.2) is 0 Å². The predicted molar refractivity (Wildman–Crippen MR) is 62.7 cm³/mol. The molecule has 2 amide bonds. The van der Waals surface area contributed by atoms with E-state index in [1.807, 2.05) is 0 Å². The second-order valence-corrected chi connectivity index (χ2v) is 5.41. The Kier molecular flexibility index (Phi) is 5.17. The smallest absolute Gasteiger partial charge is 0.422 e. The van der Waals surface area contributed by atoms with Gasteiger partial charge in [-0.15, -0.1) is 0 Å². The number of aliphatic carboxylic acids is 1. The van der Waals surface area contributed by atoms with E-state index in [-0.39, 0.29) is 0 Å². The summed E-state index contributed by atoms with van der Waals surface area (Å²) in [4.78, 5) is 33.5. The molecule has 6 nitrogen and oxygen atoms in total. The highest BCUT2D eigenvalue weighted by Crippen LogP contribution is 2.30. The Morgan fingerprint density at radius 3 is 1.80 bits per heavy atom. The van der Waals surface area contributed by atoms with E-state index in [1.54, 1.807) is 20.8 Å². The summed E-state index contributed by atoms with van der Waals surface area (Å²) in [5.74, 6) is -4.03. The minimum Gasteiger partial charge on any atom is -0.479 e. The third-order valence-electron chi connectivity index (χ3n) is 2.47. The summed E-state index contributed by atoms with van der Waals surface area (Å²) in [5, 5.41) is 12.1. The Morgan fingerprint density at radius 2 is 1.50 bits per heavy atom. The number of halogens is 3. The lowest BCUT2D eigenvalue weighted by molar-refractivity contribution is -0.206. The molecule has 0 aliphatic heterocycles. The maximum atomic E-state index is 12.6. The zero-order chi connectivity index (χ0) is 16.4. The number of hydrogen-bond donors (Lipinski definition) is 3. The number of nitrogens with one attached hydrogen (secondary N) is 2. The molecule has 0 radical (unpaired) electrons. The monoisotopic (exact) mass is 298 g/mol. The van der Waals surface area contributed by atoms with Crippen molar-refractivity contribution in [1.82, 2.24) is 10.6 Å². The fourth-order valence-electron chi connectivity index (χ4n) is 0.994. The van der Waals surface area contributed by atoms with E-state index in [9.17, 15) is 27.6 Å². The first-order valence-electron chi connectivity index (χ1n) is 5.61. The van der Waals surface area contributed by atoms with Gasteiger partial charge in [0.15, 0.2) is 0 Å². The van der Waals surface area contributed by atoms with Gasteiger partial charge < -0.3 is 15.7 Å². The number of rotatable bonds is 4. The minimum atomic E-state index is -5.16. The van der Waals surface area contributed by atoms with Crippen molar-refractivity contribution < 1.29 is 32.7 Å². The molecule has 0 fully saturated rings. The van der Waals surface area contributed by atoms with Gasteiger partial charge in [0.2, 0.25) is 17.4 Å². The van der Waals surface area contributed by atoms with E-state index in [0.29, 0.717) is 6.92 Å². The van der Waals surface area contributed by atoms with Crippen LogP contribution in [-0.2, 0) is 14.4 Å². The second kappa shape index (κ2) is 5.68. The van der Waals surface area contributed by atoms with Crippen molar-refractivity contribution in [2.75, 3.05) is 6.54 Å². The topological polar surface area (TPSA) is 95.5 Å². The van der Waals surface area contributed by atoms with Crippen LogP contribution >= 0.6 is 0 Å². The lowest BCUT2D eigenvalue weighted by Gasteiger charge is -2.28. The zero-order valence-corrected chi connectivity index (χ0v) is 11.5. The average molecular weight is 298 g/mol. The number of amides is 2. The standard InChI is InChI=1S/C11H17F3N2O4/c1-9(2,3)7(18)15-5-6(17)16-10(4,8(19)20)11(12,13)14/h5H2,1-4H3,(H,15,18)(H,16,17)(H,19,20). The van der Waals surface area contributed by atoms with Gasteiger partial charge in [-0.2, -0.15) is 13.2 Å². The molecule has 9 heteroatoms. The van der Waals surface area contributed by atoms with E-state index in [1.165, 1.54) is 5.32 Å². The first-order valence-corrected chi connectivity index (χ1v) is 5.61. The Hall–Kier alpha value is -1.80. The molecule has 0 bridgehead atoms. The summed E-state index contributed by atoms with van der Waals surface area (Å²) in [6.07, 6.45) is -5.16. The van der Waals surface area contributed by atoms with Crippen LogP contribution in [0.4, 0.5) is 13.2 Å². The van der Waals surface area contributed by atoms with Gasteiger partial charge in [0.05, 0.1) is 6.54 Å². The van der Waals surface area contributed by atoms with Crippen LogP contribution in [0.1, 0.15) is 27.7 Å². The van der Waals surface area contributed by atoms with Crippen LogP contribution in [0.25, 0.3) is 0 Å². The number of carboxylic acid groups (broad SMARTS) is 1. The number of hydrogen-bond acceptors (Lipinski definition) is 3. The minimum absolute atomic E-state index is 0.332. The van der Waals surface area contributed by atoms with Crippen LogP contribution in [0.2, 0.25) is 0 Å². The van der Waals surface area contributed by atoms with Gasteiger partial charge in [-0.1, -0.05) is 20.8 Å². The molecule has 1 unspecified atom stereocenters. The summed E-state index contributed by atoms with van der Waals surface area (Å²) in [5.41, 5.74) is -4.23. The van der Waals surface area contributed by atoms with Crippen LogP contribution in [0, 0.1) is 5.41 Å². The maximum Gasteiger partial charge on any atom is 0.422 e. The van der Waals surface area contributed by atoms with Gasteiger partial charge in [0.1, 0.15) is 0 Å². The van der Waals surface area contributed by atoms with Crippen molar-refractivity contribution in [3.05, 3.63) is 0 Å². The van der Waals surface area contributed by atoms with Gasteiger partial charge in [-0.3, -0.25) is 9.59 Å². The van der Waals surface area contributed by atoms with E-state index >= 15 is 0 Å². The van der Waals surface area contributed by atoms with Crippen LogP contribution in [-0.4, -0.2) is 41.2 Å². The molecule has 3 N–H and O–H groups in total. The summed E-state index contributed by atoms with van der Waals surface area (Å²) in [7, 11) is 0. The van der Waals surface area contributed by atoms with Crippen molar-refractivity contribution in [2.24, 2.45) is 5.41 Å². The molecule has 116 valence electrons. The SMILES string of the molecule is CC(C)(C)C(=O)NCC(=O)NC(C)(C(=O)O)C(F)(F)F. The lowest BCUT2D eigenvalue weighted by atomic mass is 9.96. The number of carbonyl (C=O) groups excluding carboxylic acids is 2. The van der Waals surface area contributed by atoms with Crippen molar-refractivity contribution >= 4 is 17.8 Å². The van der Waals surface area contributed by atoms with Crippen molar-refractivity contribution in [2.45, 2.75) is 39.4 Å². The fourth-order valence-corrected chi connectivity index (χ4v) is 0.994. The molecule has 1 atom stereocenters. The second-order valence-electron chi connectivity index (χ2n) is 5.41. The maximum absolute atomic E-state index is 12.6. The first kappa shape index (κ1) is 18.2. The molecular weight excluding hydrogens is 281 g/mol. The molecule has 0 spiro atoms. The van der Waals surface area contributed by atoms with E-state index in [2.05, 4.69) is 5.32 Å². The summed E-state index contributed by atoms with van der Waals surface area (Å²) in [6.45, 7) is 4.25. The molecule has 0 saturated heterocycles. The summed E-state index contributed by atoms with van der Waals surface area (Å²) in [6, 6.07) is 0. The van der Waals surface area contributed by atoms with Gasteiger partial charge >= 0.3 is 12.1 Å². The quantitative estimate of drug-likeness (QED) is 0.711. The molecule has 0 aromatic rings. The molecule has 0 aromatic carbocycles. The molecule has 0 aliphatic carbocycles. The fraction of sp³-hybridized carbons (Fsp3) is 0.727. The number of carbonyl (C=O) groups is 3. The van der Waals surface area contributed by atoms with Gasteiger partial charge in [0.25, 0.3) is 0 Å². The summed E-state index contributed by atoms with van der Waals surface area (Å²) < 4.78 is 37.9. The molecule has 0 heterocycles. The highest BCUT2D eigenvalue weighted by molar-refractivity contribution is 5.91. The van der Waals surface area contributed by atoms with Gasteiger partial charge in [-0.05, 0) is 6.92 Å². The first-order chi connectivity index (χ1) is 8.72. The van der Waals surface area contributed by atoms with E-state index in [4.69, 9.17) is 5.11 Å². The Labute approximate surface area is 113 Å². The molecule has 0 rings (SSSR count). The van der Waals surface area contributed by atoms with Crippen molar-refractivity contribution in [3.8, 4) is 0 Å². The van der Waals surface area contributed by atoms with Gasteiger partial charge in [-0.25, -0.2) is 4.79 Å². The van der Waals surface area contributed by atoms with Crippen LogP contribution in [0.3, 0.4) is 0 Å². The number of carboxylic acids is 1. The normalized spacial score (nSPS) is 15.2. The Bertz CT molecular complexity index is 415. The predicted octanol–water partition coefficient (Wildman–Crippen LogP) is 0.671. The van der Waals surface area contributed by atoms with E-state index in [0.717, 1.165) is 0 Å². The van der Waals surface area contributed by atoms with Crippen molar-refractivity contribution in [3.63, 3.8) is 0 Å². The zero-order valence-electron chi connectivity index (χ0n) is 11.5. The third kappa shape index (κ3) is 4.39. The van der Waals surface area contributed by atoms with Crippen LogP contribution in [0.5, 0.6) is 0 Å². The van der Waals surface area contributed by atoms with Gasteiger partial charge in [0, 0.05) is 5.41 Å². The highest BCUT2D eigenvalue weighted by Gasteiger charge is 2.58. The Balaban J connectivity index is 4.75.